The number of benzene rings is 1. The summed E-state index contributed by atoms with van der Waals surface area (Å²) in [6, 6.07) is 6.19. The van der Waals surface area contributed by atoms with E-state index < -0.39 is 9.04 Å². The zero-order chi connectivity index (χ0) is 12.3. The van der Waals surface area contributed by atoms with Gasteiger partial charge < -0.3 is 4.43 Å². The summed E-state index contributed by atoms with van der Waals surface area (Å²) in [7, 11) is -0.727. The summed E-state index contributed by atoms with van der Waals surface area (Å²) in [6.45, 7) is 14.8. The molecule has 0 heterocycles. The quantitative estimate of drug-likeness (QED) is 0.709. The van der Waals surface area contributed by atoms with Crippen molar-refractivity contribution in [2.24, 2.45) is 0 Å². The van der Waals surface area contributed by atoms with E-state index in [9.17, 15) is 0 Å². The van der Waals surface area contributed by atoms with E-state index in [-0.39, 0.29) is 5.41 Å². The normalized spacial score (nSPS) is 11.6. The highest BCUT2D eigenvalue weighted by Gasteiger charge is 2.22. The Bertz CT molecular complexity index is 375. The summed E-state index contributed by atoms with van der Waals surface area (Å²) in [5.41, 5.74) is 2.52. The first-order chi connectivity index (χ1) is 7.36. The highest BCUT2D eigenvalue weighted by atomic mass is 28.3. The van der Waals surface area contributed by atoms with Gasteiger partial charge >= 0.3 is 0 Å². The number of hydrogen-bond acceptors (Lipinski definition) is 1. The fourth-order valence-corrected chi connectivity index (χ4v) is 2.44. The molecule has 2 heteroatoms. The van der Waals surface area contributed by atoms with Crippen LogP contribution in [-0.2, 0) is 5.41 Å². The third-order valence-electron chi connectivity index (χ3n) is 2.34. The number of rotatable bonds is 3. The molecule has 1 radical (unpaired) electrons. The Morgan fingerprint density at radius 3 is 2.31 bits per heavy atom. The SMILES string of the molecule is C=Cc1cccc(O[Si](C)C)c1C(C)(C)C. The Morgan fingerprint density at radius 2 is 1.88 bits per heavy atom. The van der Waals surface area contributed by atoms with Crippen molar-refractivity contribution in [1.29, 1.82) is 0 Å². The predicted molar refractivity (Wildman–Crippen MR) is 73.3 cm³/mol. The molecule has 0 aromatic heterocycles. The lowest BCUT2D eigenvalue weighted by atomic mass is 9.83. The Labute approximate surface area is 101 Å². The highest BCUT2D eigenvalue weighted by molar-refractivity contribution is 6.49. The minimum absolute atomic E-state index is 0.0808. The highest BCUT2D eigenvalue weighted by Crippen LogP contribution is 2.35. The van der Waals surface area contributed by atoms with Gasteiger partial charge in [-0.3, -0.25) is 0 Å². The molecule has 1 aromatic carbocycles. The molecular formula is C14H21OSi. The van der Waals surface area contributed by atoms with Crippen LogP contribution in [0.15, 0.2) is 24.8 Å². The first-order valence-electron chi connectivity index (χ1n) is 5.60. The van der Waals surface area contributed by atoms with E-state index in [2.05, 4.69) is 52.6 Å². The van der Waals surface area contributed by atoms with Gasteiger partial charge in [0.05, 0.1) is 0 Å². The van der Waals surface area contributed by atoms with Crippen LogP contribution < -0.4 is 4.43 Å². The number of hydrogen-bond donors (Lipinski definition) is 0. The van der Waals surface area contributed by atoms with Crippen LogP contribution in [0.1, 0.15) is 31.9 Å². The second-order valence-corrected chi connectivity index (χ2v) is 7.21. The monoisotopic (exact) mass is 233 g/mol. The van der Waals surface area contributed by atoms with Crippen molar-refractivity contribution in [2.75, 3.05) is 0 Å². The van der Waals surface area contributed by atoms with Gasteiger partial charge in [0.2, 0.25) is 0 Å². The first-order valence-corrected chi connectivity index (χ1v) is 8.01. The van der Waals surface area contributed by atoms with Gasteiger partial charge in [-0.05, 0) is 30.1 Å². The van der Waals surface area contributed by atoms with Crippen molar-refractivity contribution in [3.05, 3.63) is 35.9 Å². The second kappa shape index (κ2) is 4.87. The average molecular weight is 233 g/mol. The van der Waals surface area contributed by atoms with Crippen molar-refractivity contribution in [1.82, 2.24) is 0 Å². The van der Waals surface area contributed by atoms with Crippen LogP contribution in [0, 0.1) is 0 Å². The van der Waals surface area contributed by atoms with E-state index in [0.29, 0.717) is 0 Å². The molecule has 0 N–H and O–H groups in total. The third kappa shape index (κ3) is 2.98. The van der Waals surface area contributed by atoms with Crippen LogP contribution in [0.25, 0.3) is 6.08 Å². The summed E-state index contributed by atoms with van der Waals surface area (Å²) < 4.78 is 5.97. The topological polar surface area (TPSA) is 9.23 Å². The molecule has 0 atom stereocenters. The molecule has 0 fully saturated rings. The predicted octanol–water partition coefficient (Wildman–Crippen LogP) is 4.26. The first kappa shape index (κ1) is 13.0. The van der Waals surface area contributed by atoms with Gasteiger partial charge in [0.1, 0.15) is 5.75 Å². The maximum absolute atomic E-state index is 5.97. The maximum Gasteiger partial charge on any atom is 0.274 e. The zero-order valence-electron chi connectivity index (χ0n) is 10.9. The molecule has 87 valence electrons. The van der Waals surface area contributed by atoms with Gasteiger partial charge in [-0.25, -0.2) is 0 Å². The summed E-state index contributed by atoms with van der Waals surface area (Å²) in [5.74, 6) is 1.02. The van der Waals surface area contributed by atoms with Crippen molar-refractivity contribution in [3.63, 3.8) is 0 Å². The standard InChI is InChI=1S/C14H21OSi/c1-7-11-9-8-10-12(15-16(5)6)13(11)14(2,3)4/h7-10H,1H2,2-6H3. The molecule has 0 unspecified atom stereocenters. The summed E-state index contributed by atoms with van der Waals surface area (Å²) in [4.78, 5) is 0. The second-order valence-electron chi connectivity index (χ2n) is 5.18. The molecule has 1 aromatic rings. The van der Waals surface area contributed by atoms with Crippen molar-refractivity contribution >= 4 is 15.1 Å². The Hall–Kier alpha value is -1.02. The average Bonchev–Trinajstić information content (AvgIpc) is 2.14. The lowest BCUT2D eigenvalue weighted by molar-refractivity contribution is 0.519. The Balaban J connectivity index is 3.32. The van der Waals surface area contributed by atoms with Crippen molar-refractivity contribution in [3.8, 4) is 5.75 Å². The summed E-state index contributed by atoms with van der Waals surface area (Å²) >= 11 is 0. The molecule has 0 aliphatic carbocycles. The van der Waals surface area contributed by atoms with Gasteiger partial charge in [-0.1, -0.05) is 45.6 Å². The van der Waals surface area contributed by atoms with Gasteiger partial charge in [-0.15, -0.1) is 0 Å². The molecule has 0 aliphatic rings. The fourth-order valence-electron chi connectivity index (χ4n) is 1.83. The molecule has 0 bridgehead atoms. The summed E-state index contributed by atoms with van der Waals surface area (Å²) in [5, 5.41) is 0. The van der Waals surface area contributed by atoms with Gasteiger partial charge in [0.15, 0.2) is 0 Å². The minimum atomic E-state index is -0.727. The van der Waals surface area contributed by atoms with Crippen LogP contribution in [0.4, 0.5) is 0 Å². The molecule has 0 saturated carbocycles. The fraction of sp³-hybridized carbons (Fsp3) is 0.429. The lowest BCUT2D eigenvalue weighted by Gasteiger charge is -2.26. The molecule has 0 amide bonds. The van der Waals surface area contributed by atoms with E-state index >= 15 is 0 Å². The van der Waals surface area contributed by atoms with E-state index in [1.807, 2.05) is 12.1 Å². The molecule has 1 nitrogen and oxygen atoms in total. The molecular weight excluding hydrogens is 212 g/mol. The molecule has 16 heavy (non-hydrogen) atoms. The molecule has 0 saturated heterocycles. The Morgan fingerprint density at radius 1 is 1.25 bits per heavy atom. The Kier molecular flexibility index (Phi) is 3.97. The van der Waals surface area contributed by atoms with Crippen LogP contribution >= 0.6 is 0 Å². The van der Waals surface area contributed by atoms with Crippen molar-refractivity contribution in [2.45, 2.75) is 39.3 Å². The van der Waals surface area contributed by atoms with E-state index in [1.165, 1.54) is 11.1 Å². The van der Waals surface area contributed by atoms with Crippen LogP contribution in [-0.4, -0.2) is 9.04 Å². The molecule has 0 spiro atoms. The largest absolute Gasteiger partial charge is 0.542 e. The van der Waals surface area contributed by atoms with Gasteiger partial charge in [-0.2, -0.15) is 0 Å². The van der Waals surface area contributed by atoms with Crippen LogP contribution in [0.3, 0.4) is 0 Å². The van der Waals surface area contributed by atoms with E-state index in [0.717, 1.165) is 5.75 Å². The smallest absolute Gasteiger partial charge is 0.274 e. The maximum atomic E-state index is 5.97. The molecule has 1 rings (SSSR count). The van der Waals surface area contributed by atoms with Gasteiger partial charge in [0, 0.05) is 5.56 Å². The van der Waals surface area contributed by atoms with E-state index in [1.54, 1.807) is 0 Å². The molecule has 0 aliphatic heterocycles. The summed E-state index contributed by atoms with van der Waals surface area (Å²) in [6.07, 6.45) is 1.91. The minimum Gasteiger partial charge on any atom is -0.542 e. The van der Waals surface area contributed by atoms with Crippen LogP contribution in [0.2, 0.25) is 13.1 Å². The van der Waals surface area contributed by atoms with Gasteiger partial charge in [0.25, 0.3) is 9.04 Å². The van der Waals surface area contributed by atoms with Crippen molar-refractivity contribution < 1.29 is 4.43 Å². The lowest BCUT2D eigenvalue weighted by Crippen LogP contribution is -2.19. The van der Waals surface area contributed by atoms with E-state index in [4.69, 9.17) is 4.43 Å². The third-order valence-corrected chi connectivity index (χ3v) is 2.97. The van der Waals surface area contributed by atoms with Crippen LogP contribution in [0.5, 0.6) is 5.75 Å². The zero-order valence-corrected chi connectivity index (χ0v) is 11.9.